The molecule has 2 atom stereocenters. The lowest BCUT2D eigenvalue weighted by atomic mass is 10.0. The summed E-state index contributed by atoms with van der Waals surface area (Å²) in [5, 5.41) is 2.60. The molecule has 0 aromatic rings. The first-order valence-electron chi connectivity index (χ1n) is 6.28. The standard InChI is InChI=1S/C12H21N3O2/c1-8-5-9(6-13)7-15(8)11(17)12(3-4-12)10(16)14-2/h8-9H,3-7,13H2,1-2H3,(H,14,16). The van der Waals surface area contributed by atoms with Gasteiger partial charge < -0.3 is 16.0 Å². The van der Waals surface area contributed by atoms with E-state index in [-0.39, 0.29) is 17.9 Å². The highest BCUT2D eigenvalue weighted by Gasteiger charge is 2.58. The van der Waals surface area contributed by atoms with Gasteiger partial charge in [0.15, 0.2) is 0 Å². The van der Waals surface area contributed by atoms with Crippen LogP contribution in [0.1, 0.15) is 26.2 Å². The number of nitrogens with one attached hydrogen (secondary N) is 1. The number of likely N-dealkylation sites (tertiary alicyclic amines) is 1. The van der Waals surface area contributed by atoms with Crippen molar-refractivity contribution in [3.05, 3.63) is 0 Å². The average Bonchev–Trinajstić information content (AvgIpc) is 3.06. The predicted molar refractivity (Wildman–Crippen MR) is 64.1 cm³/mol. The molecule has 0 bridgehead atoms. The van der Waals surface area contributed by atoms with E-state index in [0.29, 0.717) is 31.8 Å². The van der Waals surface area contributed by atoms with Gasteiger partial charge in [-0.15, -0.1) is 0 Å². The lowest BCUT2D eigenvalue weighted by Crippen LogP contribution is -2.45. The second kappa shape index (κ2) is 4.29. The fourth-order valence-electron chi connectivity index (χ4n) is 2.77. The zero-order valence-corrected chi connectivity index (χ0v) is 10.5. The van der Waals surface area contributed by atoms with Crippen molar-refractivity contribution in [2.45, 2.75) is 32.2 Å². The molecular weight excluding hydrogens is 218 g/mol. The third-order valence-corrected chi connectivity index (χ3v) is 4.08. The Morgan fingerprint density at radius 2 is 2.12 bits per heavy atom. The smallest absolute Gasteiger partial charge is 0.238 e. The molecule has 5 nitrogen and oxygen atoms in total. The molecule has 1 aliphatic heterocycles. The Labute approximate surface area is 102 Å². The minimum atomic E-state index is -0.757. The van der Waals surface area contributed by atoms with Crippen LogP contribution < -0.4 is 11.1 Å². The van der Waals surface area contributed by atoms with E-state index in [4.69, 9.17) is 5.73 Å². The molecule has 0 spiro atoms. The van der Waals surface area contributed by atoms with E-state index in [1.54, 1.807) is 7.05 Å². The van der Waals surface area contributed by atoms with Crippen LogP contribution in [0.2, 0.25) is 0 Å². The van der Waals surface area contributed by atoms with Crippen LogP contribution in [0.4, 0.5) is 0 Å². The Morgan fingerprint density at radius 3 is 2.53 bits per heavy atom. The predicted octanol–water partition coefficient (Wildman–Crippen LogP) is -0.292. The normalized spacial score (nSPS) is 30.2. The van der Waals surface area contributed by atoms with Gasteiger partial charge in [0.25, 0.3) is 0 Å². The van der Waals surface area contributed by atoms with Gasteiger partial charge >= 0.3 is 0 Å². The van der Waals surface area contributed by atoms with E-state index in [2.05, 4.69) is 5.32 Å². The van der Waals surface area contributed by atoms with Crippen molar-refractivity contribution in [1.82, 2.24) is 10.2 Å². The molecule has 0 radical (unpaired) electrons. The molecule has 1 heterocycles. The number of hydrogen-bond acceptors (Lipinski definition) is 3. The molecule has 2 rings (SSSR count). The fourth-order valence-corrected chi connectivity index (χ4v) is 2.77. The minimum absolute atomic E-state index is 0.000278. The van der Waals surface area contributed by atoms with Gasteiger partial charge in [-0.2, -0.15) is 0 Å². The zero-order valence-electron chi connectivity index (χ0n) is 10.5. The molecule has 2 fully saturated rings. The number of carbonyl (C=O) groups excluding carboxylic acids is 2. The molecule has 0 aromatic heterocycles. The molecule has 1 aliphatic carbocycles. The van der Waals surface area contributed by atoms with Gasteiger partial charge in [0.05, 0.1) is 0 Å². The molecule has 3 N–H and O–H groups in total. The van der Waals surface area contributed by atoms with E-state index in [1.165, 1.54) is 0 Å². The number of rotatable bonds is 3. The Balaban J connectivity index is 2.08. The van der Waals surface area contributed by atoms with Gasteiger partial charge in [0.1, 0.15) is 5.41 Å². The quantitative estimate of drug-likeness (QED) is 0.664. The molecule has 2 amide bonds. The SMILES string of the molecule is CNC(=O)C1(C(=O)N2CC(CN)CC2C)CC1. The topological polar surface area (TPSA) is 75.4 Å². The minimum Gasteiger partial charge on any atom is -0.358 e. The molecule has 2 unspecified atom stereocenters. The van der Waals surface area contributed by atoms with E-state index in [1.807, 2.05) is 11.8 Å². The largest absolute Gasteiger partial charge is 0.358 e. The first-order valence-corrected chi connectivity index (χ1v) is 6.28. The van der Waals surface area contributed by atoms with Crippen LogP contribution in [0.25, 0.3) is 0 Å². The molecule has 2 aliphatic rings. The zero-order chi connectivity index (χ0) is 12.6. The van der Waals surface area contributed by atoms with Crippen molar-refractivity contribution >= 4 is 11.8 Å². The lowest BCUT2D eigenvalue weighted by molar-refractivity contribution is -0.144. The highest BCUT2D eigenvalue weighted by Crippen LogP contribution is 2.48. The van der Waals surface area contributed by atoms with E-state index in [9.17, 15) is 9.59 Å². The van der Waals surface area contributed by atoms with Crippen LogP contribution in [0.3, 0.4) is 0 Å². The second-order valence-corrected chi connectivity index (χ2v) is 5.31. The molecule has 5 heteroatoms. The number of nitrogens with two attached hydrogens (primary N) is 1. The summed E-state index contributed by atoms with van der Waals surface area (Å²) in [5.41, 5.74) is 4.89. The van der Waals surface area contributed by atoms with Crippen molar-refractivity contribution in [3.63, 3.8) is 0 Å². The van der Waals surface area contributed by atoms with Crippen LogP contribution >= 0.6 is 0 Å². The molecule has 1 saturated heterocycles. The maximum absolute atomic E-state index is 12.4. The summed E-state index contributed by atoms with van der Waals surface area (Å²) in [6.07, 6.45) is 2.32. The van der Waals surface area contributed by atoms with Crippen molar-refractivity contribution in [2.75, 3.05) is 20.1 Å². The van der Waals surface area contributed by atoms with Gasteiger partial charge in [-0.3, -0.25) is 9.59 Å². The Hall–Kier alpha value is -1.10. The third kappa shape index (κ3) is 1.92. The van der Waals surface area contributed by atoms with Crippen molar-refractivity contribution < 1.29 is 9.59 Å². The number of carbonyl (C=O) groups is 2. The van der Waals surface area contributed by atoms with Gasteiger partial charge in [0.2, 0.25) is 11.8 Å². The summed E-state index contributed by atoms with van der Waals surface area (Å²) < 4.78 is 0. The first-order chi connectivity index (χ1) is 8.05. The van der Waals surface area contributed by atoms with Crippen molar-refractivity contribution in [1.29, 1.82) is 0 Å². The van der Waals surface area contributed by atoms with Crippen LogP contribution in [-0.4, -0.2) is 42.9 Å². The third-order valence-electron chi connectivity index (χ3n) is 4.08. The summed E-state index contributed by atoms with van der Waals surface area (Å²) in [6.45, 7) is 3.35. The lowest BCUT2D eigenvalue weighted by Gasteiger charge is -2.26. The summed E-state index contributed by atoms with van der Waals surface area (Å²) in [7, 11) is 1.59. The summed E-state index contributed by atoms with van der Waals surface area (Å²) in [6, 6.07) is 0.207. The van der Waals surface area contributed by atoms with Gasteiger partial charge in [-0.05, 0) is 38.6 Å². The van der Waals surface area contributed by atoms with Crippen molar-refractivity contribution in [3.8, 4) is 0 Å². The van der Waals surface area contributed by atoms with Crippen LogP contribution in [0, 0.1) is 11.3 Å². The highest BCUT2D eigenvalue weighted by molar-refractivity contribution is 6.07. The Kier molecular flexibility index (Phi) is 3.12. The number of nitrogens with zero attached hydrogens (tertiary/aromatic N) is 1. The van der Waals surface area contributed by atoms with Gasteiger partial charge in [0, 0.05) is 19.6 Å². The maximum Gasteiger partial charge on any atom is 0.238 e. The Bertz CT molecular complexity index is 339. The maximum atomic E-state index is 12.4. The van der Waals surface area contributed by atoms with Crippen LogP contribution in [-0.2, 0) is 9.59 Å². The molecule has 1 saturated carbocycles. The average molecular weight is 239 g/mol. The summed E-state index contributed by atoms with van der Waals surface area (Å²) in [5.74, 6) is 0.251. The second-order valence-electron chi connectivity index (χ2n) is 5.31. The Morgan fingerprint density at radius 1 is 1.47 bits per heavy atom. The van der Waals surface area contributed by atoms with E-state index >= 15 is 0 Å². The van der Waals surface area contributed by atoms with Crippen LogP contribution in [0.15, 0.2) is 0 Å². The molecular formula is C12H21N3O2. The first kappa shape index (κ1) is 12.4. The monoisotopic (exact) mass is 239 g/mol. The highest BCUT2D eigenvalue weighted by atomic mass is 16.2. The number of hydrogen-bond donors (Lipinski definition) is 2. The molecule has 17 heavy (non-hydrogen) atoms. The molecule has 96 valence electrons. The van der Waals surface area contributed by atoms with E-state index < -0.39 is 5.41 Å². The number of amides is 2. The van der Waals surface area contributed by atoms with Crippen LogP contribution in [0.5, 0.6) is 0 Å². The fraction of sp³-hybridized carbons (Fsp3) is 0.833. The summed E-state index contributed by atoms with van der Waals surface area (Å²) >= 11 is 0. The molecule has 0 aromatic carbocycles. The van der Waals surface area contributed by atoms with Gasteiger partial charge in [-0.1, -0.05) is 0 Å². The van der Waals surface area contributed by atoms with Crippen molar-refractivity contribution in [2.24, 2.45) is 17.1 Å². The van der Waals surface area contributed by atoms with E-state index in [0.717, 1.165) is 6.42 Å². The summed E-state index contributed by atoms with van der Waals surface area (Å²) in [4.78, 5) is 26.0. The van der Waals surface area contributed by atoms with Gasteiger partial charge in [-0.25, -0.2) is 0 Å².